The molecule has 0 spiro atoms. The van der Waals surface area contributed by atoms with Crippen molar-refractivity contribution in [2.24, 2.45) is 0 Å². The maximum absolute atomic E-state index is 13.5. The summed E-state index contributed by atoms with van der Waals surface area (Å²) in [5.41, 5.74) is 0.120. The van der Waals surface area contributed by atoms with Crippen LogP contribution in [0.2, 0.25) is 10.0 Å². The Hall–Kier alpha value is -1.78. The Morgan fingerprint density at radius 2 is 2.00 bits per heavy atom. The number of halogens is 3. The van der Waals surface area contributed by atoms with Gasteiger partial charge in [-0.05, 0) is 24.3 Å². The number of rotatable bonds is 4. The van der Waals surface area contributed by atoms with E-state index in [9.17, 15) is 9.18 Å². The molecule has 0 saturated carbocycles. The molecule has 3 nitrogen and oxygen atoms in total. The molecule has 0 radical (unpaired) electrons. The van der Waals surface area contributed by atoms with Crippen molar-refractivity contribution < 1.29 is 19.0 Å². The van der Waals surface area contributed by atoms with Crippen LogP contribution < -0.4 is 4.74 Å². The monoisotopic (exact) mass is 314 g/mol. The highest BCUT2D eigenvalue weighted by Crippen LogP contribution is 2.25. The summed E-state index contributed by atoms with van der Waals surface area (Å²) < 4.78 is 18.8. The Kier molecular flexibility index (Phi) is 4.47. The first-order valence-electron chi connectivity index (χ1n) is 5.57. The normalized spacial score (nSPS) is 10.3. The van der Waals surface area contributed by atoms with Crippen molar-refractivity contribution >= 4 is 29.2 Å². The van der Waals surface area contributed by atoms with E-state index >= 15 is 0 Å². The SMILES string of the molecule is O=C(O)c1c(F)cccc1OCc1ccc(Cl)cc1Cl. The first-order valence-corrected chi connectivity index (χ1v) is 6.33. The highest BCUT2D eigenvalue weighted by molar-refractivity contribution is 6.35. The summed E-state index contributed by atoms with van der Waals surface area (Å²) in [7, 11) is 0. The summed E-state index contributed by atoms with van der Waals surface area (Å²) in [5, 5.41) is 9.85. The van der Waals surface area contributed by atoms with Crippen molar-refractivity contribution in [2.45, 2.75) is 6.61 Å². The first kappa shape index (κ1) is 14.6. The van der Waals surface area contributed by atoms with Crippen LogP contribution in [0.5, 0.6) is 5.75 Å². The highest BCUT2D eigenvalue weighted by Gasteiger charge is 2.17. The second kappa shape index (κ2) is 6.11. The molecule has 0 aliphatic heterocycles. The lowest BCUT2D eigenvalue weighted by Crippen LogP contribution is -2.06. The van der Waals surface area contributed by atoms with Crippen LogP contribution in [0.1, 0.15) is 15.9 Å². The molecular formula is C14H9Cl2FO3. The van der Waals surface area contributed by atoms with Crippen LogP contribution in [0.25, 0.3) is 0 Å². The van der Waals surface area contributed by atoms with Gasteiger partial charge >= 0.3 is 5.97 Å². The molecule has 2 aromatic rings. The molecule has 0 aliphatic carbocycles. The van der Waals surface area contributed by atoms with E-state index in [0.717, 1.165) is 6.07 Å². The molecule has 2 rings (SSSR count). The standard InChI is InChI=1S/C14H9Cl2FO3/c15-9-5-4-8(10(16)6-9)7-20-12-3-1-2-11(17)13(12)14(18)19/h1-6H,7H2,(H,18,19). The zero-order chi connectivity index (χ0) is 14.7. The molecule has 0 unspecified atom stereocenters. The Labute approximate surface area is 124 Å². The van der Waals surface area contributed by atoms with E-state index in [1.54, 1.807) is 18.2 Å². The van der Waals surface area contributed by atoms with Crippen LogP contribution in [0.4, 0.5) is 4.39 Å². The second-order valence-corrected chi connectivity index (χ2v) is 4.79. The third-order valence-corrected chi connectivity index (χ3v) is 3.17. The second-order valence-electron chi connectivity index (χ2n) is 3.94. The Morgan fingerprint density at radius 3 is 2.65 bits per heavy atom. The molecule has 0 saturated heterocycles. The fourth-order valence-electron chi connectivity index (χ4n) is 1.63. The third-order valence-electron chi connectivity index (χ3n) is 2.59. The lowest BCUT2D eigenvalue weighted by Gasteiger charge is -2.10. The van der Waals surface area contributed by atoms with Crippen LogP contribution in [-0.2, 0) is 6.61 Å². The maximum Gasteiger partial charge on any atom is 0.342 e. The molecule has 0 aliphatic rings. The van der Waals surface area contributed by atoms with E-state index in [2.05, 4.69) is 0 Å². The number of hydrogen-bond acceptors (Lipinski definition) is 2. The smallest absolute Gasteiger partial charge is 0.342 e. The van der Waals surface area contributed by atoms with Gasteiger partial charge in [0, 0.05) is 15.6 Å². The predicted octanol–water partition coefficient (Wildman–Crippen LogP) is 4.41. The summed E-state index contributed by atoms with van der Waals surface area (Å²) in [4.78, 5) is 11.0. The number of carboxylic acid groups (broad SMARTS) is 1. The number of hydrogen-bond donors (Lipinski definition) is 1. The predicted molar refractivity (Wildman–Crippen MR) is 74.2 cm³/mol. The van der Waals surface area contributed by atoms with Gasteiger partial charge in [0.15, 0.2) is 0 Å². The molecule has 0 atom stereocenters. The van der Waals surface area contributed by atoms with E-state index in [1.165, 1.54) is 12.1 Å². The molecule has 6 heteroatoms. The zero-order valence-corrected chi connectivity index (χ0v) is 11.6. The topological polar surface area (TPSA) is 46.5 Å². The maximum atomic E-state index is 13.5. The van der Waals surface area contributed by atoms with Crippen LogP contribution in [-0.4, -0.2) is 11.1 Å². The fourth-order valence-corrected chi connectivity index (χ4v) is 2.09. The summed E-state index contributed by atoms with van der Waals surface area (Å²) >= 11 is 11.7. The summed E-state index contributed by atoms with van der Waals surface area (Å²) in [5.74, 6) is -2.29. The Morgan fingerprint density at radius 1 is 1.25 bits per heavy atom. The van der Waals surface area contributed by atoms with Crippen LogP contribution in [0.3, 0.4) is 0 Å². The molecular weight excluding hydrogens is 306 g/mol. The van der Waals surface area contributed by atoms with Crippen molar-refractivity contribution in [3.63, 3.8) is 0 Å². The minimum absolute atomic E-state index is 0.0136. The average Bonchev–Trinajstić information content (AvgIpc) is 2.37. The van der Waals surface area contributed by atoms with E-state index in [1.807, 2.05) is 0 Å². The lowest BCUT2D eigenvalue weighted by molar-refractivity contribution is 0.0686. The van der Waals surface area contributed by atoms with Crippen molar-refractivity contribution in [3.05, 3.63) is 63.4 Å². The minimum atomic E-state index is -1.39. The molecule has 0 aromatic heterocycles. The van der Waals surface area contributed by atoms with Gasteiger partial charge in [-0.3, -0.25) is 0 Å². The highest BCUT2D eigenvalue weighted by atomic mass is 35.5. The van der Waals surface area contributed by atoms with Crippen molar-refractivity contribution in [2.75, 3.05) is 0 Å². The number of ether oxygens (including phenoxy) is 1. The first-order chi connectivity index (χ1) is 9.49. The molecule has 2 aromatic carbocycles. The lowest BCUT2D eigenvalue weighted by atomic mass is 10.2. The number of benzene rings is 2. The molecule has 20 heavy (non-hydrogen) atoms. The number of aromatic carboxylic acids is 1. The van der Waals surface area contributed by atoms with Crippen LogP contribution in [0.15, 0.2) is 36.4 Å². The van der Waals surface area contributed by atoms with Crippen molar-refractivity contribution in [1.82, 2.24) is 0 Å². The summed E-state index contributed by atoms with van der Waals surface area (Å²) in [6, 6.07) is 8.66. The molecule has 0 heterocycles. The van der Waals surface area contributed by atoms with Gasteiger partial charge in [0.05, 0.1) is 0 Å². The molecule has 104 valence electrons. The van der Waals surface area contributed by atoms with Crippen LogP contribution >= 0.6 is 23.2 Å². The molecule has 0 fully saturated rings. The number of carboxylic acids is 1. The Bertz CT molecular complexity index is 659. The van der Waals surface area contributed by atoms with Gasteiger partial charge in [0.25, 0.3) is 0 Å². The van der Waals surface area contributed by atoms with E-state index in [0.29, 0.717) is 15.6 Å². The van der Waals surface area contributed by atoms with Gasteiger partial charge in [0.2, 0.25) is 0 Å². The summed E-state index contributed by atoms with van der Waals surface area (Å²) in [6.45, 7) is 0.0136. The molecule has 1 N–H and O–H groups in total. The molecule has 0 bridgehead atoms. The van der Waals surface area contributed by atoms with Gasteiger partial charge in [-0.2, -0.15) is 0 Å². The average molecular weight is 315 g/mol. The van der Waals surface area contributed by atoms with Gasteiger partial charge in [0.1, 0.15) is 23.7 Å². The third kappa shape index (κ3) is 3.21. The van der Waals surface area contributed by atoms with Gasteiger partial charge in [-0.25, -0.2) is 9.18 Å². The van der Waals surface area contributed by atoms with Crippen molar-refractivity contribution in [1.29, 1.82) is 0 Å². The van der Waals surface area contributed by atoms with Crippen molar-refractivity contribution in [3.8, 4) is 5.75 Å². The Balaban J connectivity index is 2.23. The van der Waals surface area contributed by atoms with Gasteiger partial charge in [-0.15, -0.1) is 0 Å². The van der Waals surface area contributed by atoms with E-state index < -0.39 is 17.3 Å². The van der Waals surface area contributed by atoms with Gasteiger partial charge < -0.3 is 9.84 Å². The van der Waals surface area contributed by atoms with Crippen LogP contribution in [0, 0.1) is 5.82 Å². The quantitative estimate of drug-likeness (QED) is 0.909. The fraction of sp³-hybridized carbons (Fsp3) is 0.0714. The van der Waals surface area contributed by atoms with Gasteiger partial charge in [-0.1, -0.05) is 35.3 Å². The largest absolute Gasteiger partial charge is 0.488 e. The number of carbonyl (C=O) groups is 1. The zero-order valence-electron chi connectivity index (χ0n) is 10.1. The minimum Gasteiger partial charge on any atom is -0.488 e. The molecule has 0 amide bonds. The summed E-state index contributed by atoms with van der Waals surface area (Å²) in [6.07, 6.45) is 0. The van der Waals surface area contributed by atoms with E-state index in [-0.39, 0.29) is 12.4 Å². The van der Waals surface area contributed by atoms with E-state index in [4.69, 9.17) is 33.0 Å².